The molecule has 0 spiro atoms. The van der Waals surface area contributed by atoms with Crippen molar-refractivity contribution in [2.75, 3.05) is 0 Å². The quantitative estimate of drug-likeness (QED) is 0.625. The Morgan fingerprint density at radius 2 is 1.93 bits per heavy atom. The average Bonchev–Trinajstić information content (AvgIpc) is 2.13. The Balaban J connectivity index is 3.42. The largest absolute Gasteiger partial charge is 0.300 e. The highest BCUT2D eigenvalue weighted by Crippen LogP contribution is 2.17. The first kappa shape index (κ1) is 13.2. The lowest BCUT2D eigenvalue weighted by molar-refractivity contribution is -0.117. The minimum absolute atomic E-state index is 0.172. The fraction of sp³-hybridized carbons (Fsp3) is 0.833. The normalized spacial score (nSPS) is 14.4. The van der Waals surface area contributed by atoms with Crippen LogP contribution in [0.15, 0.2) is 0 Å². The molecule has 2 nitrogen and oxygen atoms in total. The lowest BCUT2D eigenvalue weighted by atomic mass is 9.94. The predicted molar refractivity (Wildman–Crippen MR) is 57.7 cm³/mol. The molecule has 2 unspecified atom stereocenters. The van der Waals surface area contributed by atoms with Crippen molar-refractivity contribution in [3.8, 4) is 6.07 Å². The molecule has 0 aromatic rings. The molecule has 80 valence electrons. The highest BCUT2D eigenvalue weighted by molar-refractivity contribution is 5.75. The van der Waals surface area contributed by atoms with Gasteiger partial charge in [0, 0.05) is 12.3 Å². The zero-order chi connectivity index (χ0) is 11.0. The van der Waals surface area contributed by atoms with Crippen LogP contribution in [0.25, 0.3) is 0 Å². The van der Waals surface area contributed by atoms with E-state index in [4.69, 9.17) is 5.26 Å². The highest BCUT2D eigenvalue weighted by Gasteiger charge is 2.06. The van der Waals surface area contributed by atoms with Crippen molar-refractivity contribution in [1.82, 2.24) is 0 Å². The second-order valence-electron chi connectivity index (χ2n) is 4.31. The Labute approximate surface area is 87.3 Å². The standard InChI is InChI=1S/C12H21NO/c1-10(5-4-6-12(3)14)7-8-11(2)9-13/h10-11H,4-8H2,1-3H3. The Morgan fingerprint density at radius 3 is 2.43 bits per heavy atom. The third-order valence-electron chi connectivity index (χ3n) is 2.54. The number of hydrogen-bond donors (Lipinski definition) is 0. The van der Waals surface area contributed by atoms with E-state index in [1.165, 1.54) is 0 Å². The second-order valence-corrected chi connectivity index (χ2v) is 4.31. The maximum Gasteiger partial charge on any atom is 0.129 e. The molecule has 14 heavy (non-hydrogen) atoms. The van der Waals surface area contributed by atoms with E-state index in [0.717, 1.165) is 25.7 Å². The molecule has 0 aliphatic heterocycles. The summed E-state index contributed by atoms with van der Waals surface area (Å²) < 4.78 is 0. The van der Waals surface area contributed by atoms with E-state index in [0.29, 0.717) is 12.3 Å². The van der Waals surface area contributed by atoms with E-state index in [2.05, 4.69) is 13.0 Å². The third-order valence-corrected chi connectivity index (χ3v) is 2.54. The molecule has 2 atom stereocenters. The highest BCUT2D eigenvalue weighted by atomic mass is 16.1. The molecular weight excluding hydrogens is 174 g/mol. The van der Waals surface area contributed by atoms with Gasteiger partial charge in [0.1, 0.15) is 5.78 Å². The number of hydrogen-bond acceptors (Lipinski definition) is 2. The van der Waals surface area contributed by atoms with Gasteiger partial charge in [-0.1, -0.05) is 13.3 Å². The fourth-order valence-electron chi connectivity index (χ4n) is 1.44. The molecule has 0 aromatic heterocycles. The van der Waals surface area contributed by atoms with E-state index in [1.807, 2.05) is 6.92 Å². The summed E-state index contributed by atoms with van der Waals surface area (Å²) in [6, 6.07) is 2.24. The van der Waals surface area contributed by atoms with Gasteiger partial charge in [-0.3, -0.25) is 0 Å². The van der Waals surface area contributed by atoms with Crippen molar-refractivity contribution in [3.63, 3.8) is 0 Å². The topological polar surface area (TPSA) is 40.9 Å². The maximum absolute atomic E-state index is 10.7. The predicted octanol–water partition coefficient (Wildman–Crippen LogP) is 3.32. The van der Waals surface area contributed by atoms with E-state index >= 15 is 0 Å². The number of nitrogens with zero attached hydrogens (tertiary/aromatic N) is 1. The van der Waals surface area contributed by atoms with E-state index < -0.39 is 0 Å². The van der Waals surface area contributed by atoms with Crippen LogP contribution in [0.1, 0.15) is 52.9 Å². The molecule has 0 amide bonds. The molecule has 2 heteroatoms. The van der Waals surface area contributed by atoms with Gasteiger partial charge in [-0.25, -0.2) is 0 Å². The first-order valence-corrected chi connectivity index (χ1v) is 5.45. The first-order valence-electron chi connectivity index (χ1n) is 5.45. The molecule has 0 heterocycles. The van der Waals surface area contributed by atoms with Crippen molar-refractivity contribution < 1.29 is 4.79 Å². The van der Waals surface area contributed by atoms with Crippen LogP contribution in [-0.2, 0) is 4.79 Å². The van der Waals surface area contributed by atoms with Gasteiger partial charge in [0.05, 0.1) is 6.07 Å². The summed E-state index contributed by atoms with van der Waals surface area (Å²) in [5.74, 6) is 1.10. The molecule has 0 N–H and O–H groups in total. The molecule has 0 aromatic carbocycles. The van der Waals surface area contributed by atoms with Gasteiger partial charge in [0.15, 0.2) is 0 Å². The summed E-state index contributed by atoms with van der Waals surface area (Å²) in [6.07, 6.45) is 4.90. The summed E-state index contributed by atoms with van der Waals surface area (Å²) in [5, 5.41) is 8.60. The summed E-state index contributed by atoms with van der Waals surface area (Å²) in [4.78, 5) is 10.7. The van der Waals surface area contributed by atoms with Gasteiger partial charge in [-0.15, -0.1) is 0 Å². The van der Waals surface area contributed by atoms with Gasteiger partial charge in [0.2, 0.25) is 0 Å². The van der Waals surface area contributed by atoms with Crippen LogP contribution in [0.4, 0.5) is 0 Å². The molecule has 0 saturated carbocycles. The number of rotatable bonds is 7. The minimum Gasteiger partial charge on any atom is -0.300 e. The van der Waals surface area contributed by atoms with E-state index in [9.17, 15) is 4.79 Å². The van der Waals surface area contributed by atoms with Gasteiger partial charge in [-0.05, 0) is 39.0 Å². The van der Waals surface area contributed by atoms with Gasteiger partial charge in [-0.2, -0.15) is 5.26 Å². The zero-order valence-electron chi connectivity index (χ0n) is 9.55. The van der Waals surface area contributed by atoms with Crippen LogP contribution in [0.2, 0.25) is 0 Å². The molecule has 0 radical (unpaired) electrons. The fourth-order valence-corrected chi connectivity index (χ4v) is 1.44. The number of nitriles is 1. The molecule has 0 aliphatic carbocycles. The SMILES string of the molecule is CC(=O)CCCC(C)CCC(C)C#N. The maximum atomic E-state index is 10.7. The third kappa shape index (κ3) is 7.79. The lowest BCUT2D eigenvalue weighted by Gasteiger charge is -2.10. The summed E-state index contributed by atoms with van der Waals surface area (Å²) >= 11 is 0. The van der Waals surface area contributed by atoms with E-state index in [-0.39, 0.29) is 11.7 Å². The average molecular weight is 195 g/mol. The number of ketones is 1. The van der Waals surface area contributed by atoms with Crippen LogP contribution < -0.4 is 0 Å². The second kappa shape index (κ2) is 7.55. The van der Waals surface area contributed by atoms with Gasteiger partial charge in [0.25, 0.3) is 0 Å². The van der Waals surface area contributed by atoms with Crippen LogP contribution in [-0.4, -0.2) is 5.78 Å². The van der Waals surface area contributed by atoms with Crippen LogP contribution >= 0.6 is 0 Å². The Morgan fingerprint density at radius 1 is 1.29 bits per heavy atom. The smallest absolute Gasteiger partial charge is 0.129 e. The van der Waals surface area contributed by atoms with Crippen LogP contribution in [0, 0.1) is 23.2 Å². The molecule has 0 rings (SSSR count). The monoisotopic (exact) mass is 195 g/mol. The van der Waals surface area contributed by atoms with Crippen LogP contribution in [0.3, 0.4) is 0 Å². The van der Waals surface area contributed by atoms with Crippen molar-refractivity contribution in [2.45, 2.75) is 52.9 Å². The van der Waals surface area contributed by atoms with Crippen molar-refractivity contribution >= 4 is 5.78 Å². The van der Waals surface area contributed by atoms with Crippen molar-refractivity contribution in [3.05, 3.63) is 0 Å². The first-order chi connectivity index (χ1) is 6.56. The Kier molecular flexibility index (Phi) is 7.10. The summed E-state index contributed by atoms with van der Waals surface area (Å²) in [7, 11) is 0. The van der Waals surface area contributed by atoms with Crippen LogP contribution in [0.5, 0.6) is 0 Å². The minimum atomic E-state index is 0.172. The lowest BCUT2D eigenvalue weighted by Crippen LogP contribution is -2.00. The summed E-state index contributed by atoms with van der Waals surface area (Å²) in [5.41, 5.74) is 0. The molecule has 0 aliphatic rings. The van der Waals surface area contributed by atoms with Crippen molar-refractivity contribution in [1.29, 1.82) is 5.26 Å². The van der Waals surface area contributed by atoms with Gasteiger partial charge >= 0.3 is 0 Å². The number of carbonyl (C=O) groups is 1. The number of Topliss-reactive ketones (excluding diaryl/α,β-unsaturated/α-hetero) is 1. The van der Waals surface area contributed by atoms with Crippen molar-refractivity contribution in [2.24, 2.45) is 11.8 Å². The molecule has 0 bridgehead atoms. The molecule has 0 fully saturated rings. The molecular formula is C12H21NO. The van der Waals surface area contributed by atoms with E-state index in [1.54, 1.807) is 6.92 Å². The number of carbonyl (C=O) groups excluding carboxylic acids is 1. The van der Waals surface area contributed by atoms with Gasteiger partial charge < -0.3 is 4.79 Å². The molecule has 0 saturated heterocycles. The Bertz CT molecular complexity index is 205. The zero-order valence-corrected chi connectivity index (χ0v) is 9.55. The summed E-state index contributed by atoms with van der Waals surface area (Å²) in [6.45, 7) is 5.80. The Hall–Kier alpha value is -0.840.